The van der Waals surface area contributed by atoms with E-state index in [0.29, 0.717) is 5.82 Å². The Balaban J connectivity index is 2.01. The molecule has 1 aromatic carbocycles. The number of aryl methyl sites for hydroxylation is 1. The van der Waals surface area contributed by atoms with Gasteiger partial charge >= 0.3 is 0 Å². The van der Waals surface area contributed by atoms with Crippen LogP contribution in [0.25, 0.3) is 0 Å². The van der Waals surface area contributed by atoms with Crippen LogP contribution in [-0.4, -0.2) is 27.6 Å². The Morgan fingerprint density at radius 2 is 2.00 bits per heavy atom. The SMILES string of the molecule is C[C@H](NC(=O)c1cccc(Cl)c1Cl)C(=O)Nc1ccn(C)n1. The monoisotopic (exact) mass is 340 g/mol. The Bertz CT molecular complexity index is 715. The van der Waals surface area contributed by atoms with Crippen molar-refractivity contribution in [2.75, 3.05) is 5.32 Å². The zero-order valence-corrected chi connectivity index (χ0v) is 13.4. The molecule has 0 aliphatic carbocycles. The van der Waals surface area contributed by atoms with Crippen molar-refractivity contribution in [3.8, 4) is 0 Å². The number of carbonyl (C=O) groups excluding carboxylic acids is 2. The van der Waals surface area contributed by atoms with Gasteiger partial charge in [-0.15, -0.1) is 0 Å². The van der Waals surface area contributed by atoms with Crippen LogP contribution in [0.3, 0.4) is 0 Å². The molecule has 116 valence electrons. The van der Waals surface area contributed by atoms with Gasteiger partial charge in [0.2, 0.25) is 5.91 Å². The van der Waals surface area contributed by atoms with Crippen LogP contribution in [-0.2, 0) is 11.8 Å². The molecule has 2 amide bonds. The first-order valence-electron chi connectivity index (χ1n) is 6.44. The molecule has 0 aliphatic rings. The summed E-state index contributed by atoms with van der Waals surface area (Å²) in [6, 6.07) is 5.62. The molecule has 8 heteroatoms. The van der Waals surface area contributed by atoms with E-state index in [1.807, 2.05) is 0 Å². The summed E-state index contributed by atoms with van der Waals surface area (Å²) in [7, 11) is 1.74. The molecule has 0 bridgehead atoms. The summed E-state index contributed by atoms with van der Waals surface area (Å²) >= 11 is 11.8. The standard InChI is InChI=1S/C14H14Cl2N4O2/c1-8(13(21)18-11-6-7-20(2)19-11)17-14(22)9-4-3-5-10(15)12(9)16/h3-8H,1-2H3,(H,17,22)(H,18,19,21)/t8-/m0/s1. The highest BCUT2D eigenvalue weighted by Gasteiger charge is 2.19. The Kier molecular flexibility index (Phi) is 5.05. The predicted octanol–water partition coefficient (Wildman–Crippen LogP) is 2.48. The molecule has 2 rings (SSSR count). The molecule has 1 aromatic heterocycles. The van der Waals surface area contributed by atoms with Crippen LogP contribution in [0, 0.1) is 0 Å². The van der Waals surface area contributed by atoms with Gasteiger partial charge in [-0.1, -0.05) is 29.3 Å². The molecule has 0 fully saturated rings. The largest absolute Gasteiger partial charge is 0.340 e. The molecule has 1 atom stereocenters. The van der Waals surface area contributed by atoms with E-state index in [1.54, 1.807) is 43.0 Å². The first kappa shape index (κ1) is 16.3. The van der Waals surface area contributed by atoms with E-state index in [4.69, 9.17) is 23.2 Å². The molecule has 0 saturated heterocycles. The lowest BCUT2D eigenvalue weighted by Gasteiger charge is -2.14. The number of hydrogen-bond donors (Lipinski definition) is 2. The Hall–Kier alpha value is -2.05. The third-order valence-corrected chi connectivity index (χ3v) is 3.72. The summed E-state index contributed by atoms with van der Waals surface area (Å²) in [5.41, 5.74) is 0.214. The molecule has 22 heavy (non-hydrogen) atoms. The summed E-state index contributed by atoms with van der Waals surface area (Å²) in [6.45, 7) is 1.56. The van der Waals surface area contributed by atoms with Gasteiger partial charge in [0, 0.05) is 19.3 Å². The van der Waals surface area contributed by atoms with Crippen LogP contribution in [0.2, 0.25) is 10.0 Å². The van der Waals surface area contributed by atoms with Crippen molar-refractivity contribution in [3.05, 3.63) is 46.1 Å². The minimum absolute atomic E-state index is 0.152. The smallest absolute Gasteiger partial charge is 0.253 e. The number of carbonyl (C=O) groups is 2. The normalized spacial score (nSPS) is 11.8. The fourth-order valence-corrected chi connectivity index (χ4v) is 2.12. The zero-order valence-electron chi connectivity index (χ0n) is 11.9. The van der Waals surface area contributed by atoms with Crippen molar-refractivity contribution in [3.63, 3.8) is 0 Å². The van der Waals surface area contributed by atoms with Crippen LogP contribution >= 0.6 is 23.2 Å². The van der Waals surface area contributed by atoms with Crippen molar-refractivity contribution in [2.24, 2.45) is 7.05 Å². The number of nitrogens with zero attached hydrogens (tertiary/aromatic N) is 2. The number of hydrogen-bond acceptors (Lipinski definition) is 3. The van der Waals surface area contributed by atoms with Gasteiger partial charge in [-0.25, -0.2) is 0 Å². The first-order valence-corrected chi connectivity index (χ1v) is 7.19. The lowest BCUT2D eigenvalue weighted by Crippen LogP contribution is -2.41. The average Bonchev–Trinajstić information content (AvgIpc) is 2.86. The minimum Gasteiger partial charge on any atom is -0.340 e. The number of halogens is 2. The van der Waals surface area contributed by atoms with Crippen LogP contribution in [0.15, 0.2) is 30.5 Å². The van der Waals surface area contributed by atoms with Gasteiger partial charge in [-0.05, 0) is 19.1 Å². The molecule has 0 spiro atoms. The van der Waals surface area contributed by atoms with Crippen molar-refractivity contribution < 1.29 is 9.59 Å². The van der Waals surface area contributed by atoms with Crippen LogP contribution in [0.5, 0.6) is 0 Å². The molecule has 0 unspecified atom stereocenters. The molecule has 0 radical (unpaired) electrons. The van der Waals surface area contributed by atoms with Gasteiger partial charge in [0.25, 0.3) is 5.91 Å². The molecule has 2 aromatic rings. The van der Waals surface area contributed by atoms with Gasteiger partial charge in [0.05, 0.1) is 15.6 Å². The Morgan fingerprint density at radius 3 is 2.64 bits per heavy atom. The Labute approximate surface area is 137 Å². The molecular weight excluding hydrogens is 327 g/mol. The third-order valence-electron chi connectivity index (χ3n) is 2.90. The third kappa shape index (κ3) is 3.78. The van der Waals surface area contributed by atoms with E-state index in [-0.39, 0.29) is 21.5 Å². The number of anilines is 1. The van der Waals surface area contributed by atoms with E-state index in [2.05, 4.69) is 15.7 Å². The van der Waals surface area contributed by atoms with Crippen molar-refractivity contribution in [1.29, 1.82) is 0 Å². The number of benzene rings is 1. The number of nitrogens with one attached hydrogen (secondary N) is 2. The van der Waals surface area contributed by atoms with Gasteiger partial charge < -0.3 is 10.6 Å². The Morgan fingerprint density at radius 1 is 1.27 bits per heavy atom. The van der Waals surface area contributed by atoms with Crippen LogP contribution < -0.4 is 10.6 Å². The fraction of sp³-hybridized carbons (Fsp3) is 0.214. The predicted molar refractivity (Wildman–Crippen MR) is 85.2 cm³/mol. The van der Waals surface area contributed by atoms with E-state index in [1.165, 1.54) is 6.07 Å². The highest BCUT2D eigenvalue weighted by molar-refractivity contribution is 6.43. The maximum atomic E-state index is 12.1. The minimum atomic E-state index is -0.760. The average molecular weight is 341 g/mol. The molecule has 6 nitrogen and oxygen atoms in total. The topological polar surface area (TPSA) is 76.0 Å². The zero-order chi connectivity index (χ0) is 16.3. The van der Waals surface area contributed by atoms with Crippen molar-refractivity contribution in [1.82, 2.24) is 15.1 Å². The van der Waals surface area contributed by atoms with Crippen LogP contribution in [0.1, 0.15) is 17.3 Å². The maximum Gasteiger partial charge on any atom is 0.253 e. The second-order valence-corrected chi connectivity index (χ2v) is 5.45. The summed E-state index contributed by atoms with van der Waals surface area (Å²) in [5.74, 6) is -0.448. The lowest BCUT2D eigenvalue weighted by atomic mass is 10.2. The van der Waals surface area contributed by atoms with Crippen LogP contribution in [0.4, 0.5) is 5.82 Å². The summed E-state index contributed by atoms with van der Waals surface area (Å²) in [6.07, 6.45) is 1.70. The van der Waals surface area contributed by atoms with E-state index in [0.717, 1.165) is 0 Å². The summed E-state index contributed by atoms with van der Waals surface area (Å²) < 4.78 is 1.56. The fourth-order valence-electron chi connectivity index (χ4n) is 1.74. The molecule has 0 saturated carbocycles. The van der Waals surface area contributed by atoms with E-state index < -0.39 is 11.9 Å². The maximum absolute atomic E-state index is 12.1. The molecule has 0 aliphatic heterocycles. The second-order valence-electron chi connectivity index (χ2n) is 4.66. The molecular formula is C14H14Cl2N4O2. The highest BCUT2D eigenvalue weighted by Crippen LogP contribution is 2.25. The number of aromatic nitrogens is 2. The van der Waals surface area contributed by atoms with E-state index >= 15 is 0 Å². The van der Waals surface area contributed by atoms with Crippen molar-refractivity contribution in [2.45, 2.75) is 13.0 Å². The van der Waals surface area contributed by atoms with Gasteiger partial charge in [0.1, 0.15) is 6.04 Å². The first-order chi connectivity index (χ1) is 10.4. The summed E-state index contributed by atoms with van der Waals surface area (Å²) in [5, 5.41) is 9.62. The quantitative estimate of drug-likeness (QED) is 0.897. The lowest BCUT2D eigenvalue weighted by molar-refractivity contribution is -0.117. The molecule has 1 heterocycles. The van der Waals surface area contributed by atoms with Gasteiger partial charge in [0.15, 0.2) is 5.82 Å². The molecule has 2 N–H and O–H groups in total. The highest BCUT2D eigenvalue weighted by atomic mass is 35.5. The van der Waals surface area contributed by atoms with Gasteiger partial charge in [-0.2, -0.15) is 5.10 Å². The van der Waals surface area contributed by atoms with E-state index in [9.17, 15) is 9.59 Å². The van der Waals surface area contributed by atoms with Crippen molar-refractivity contribution >= 4 is 40.8 Å². The number of amides is 2. The number of rotatable bonds is 4. The second kappa shape index (κ2) is 6.81. The summed E-state index contributed by atoms with van der Waals surface area (Å²) in [4.78, 5) is 24.1. The van der Waals surface area contributed by atoms with Gasteiger partial charge in [-0.3, -0.25) is 14.3 Å².